The SMILES string of the molecule is Oc1ccc(CNCc2cccc(Br)c2O)cc1. The molecule has 0 radical (unpaired) electrons. The van der Waals surface area contributed by atoms with Gasteiger partial charge in [0.1, 0.15) is 11.5 Å². The molecule has 0 aliphatic carbocycles. The third kappa shape index (κ3) is 3.24. The summed E-state index contributed by atoms with van der Waals surface area (Å²) in [5.74, 6) is 0.541. The van der Waals surface area contributed by atoms with E-state index < -0.39 is 0 Å². The van der Waals surface area contributed by atoms with Crippen LogP contribution >= 0.6 is 15.9 Å². The lowest BCUT2D eigenvalue weighted by Crippen LogP contribution is -2.12. The second-order valence-electron chi connectivity index (χ2n) is 4.02. The van der Waals surface area contributed by atoms with Gasteiger partial charge in [-0.05, 0) is 39.7 Å². The molecule has 3 N–H and O–H groups in total. The fourth-order valence-electron chi connectivity index (χ4n) is 1.66. The van der Waals surface area contributed by atoms with Crippen LogP contribution in [0.5, 0.6) is 11.5 Å². The number of nitrogens with one attached hydrogen (secondary N) is 1. The number of hydrogen-bond donors (Lipinski definition) is 3. The molecule has 0 aromatic heterocycles. The molecule has 0 saturated carbocycles. The lowest BCUT2D eigenvalue weighted by molar-refractivity contribution is 0.461. The van der Waals surface area contributed by atoms with Crippen LogP contribution in [0.15, 0.2) is 46.9 Å². The van der Waals surface area contributed by atoms with E-state index >= 15 is 0 Å². The van der Waals surface area contributed by atoms with E-state index in [-0.39, 0.29) is 11.5 Å². The van der Waals surface area contributed by atoms with Crippen LogP contribution in [-0.2, 0) is 13.1 Å². The first kappa shape index (κ1) is 12.9. The largest absolute Gasteiger partial charge is 0.508 e. The highest BCUT2D eigenvalue weighted by atomic mass is 79.9. The quantitative estimate of drug-likeness (QED) is 0.813. The Morgan fingerprint density at radius 1 is 0.944 bits per heavy atom. The van der Waals surface area contributed by atoms with E-state index in [1.807, 2.05) is 24.3 Å². The van der Waals surface area contributed by atoms with Crippen molar-refractivity contribution in [1.82, 2.24) is 5.32 Å². The monoisotopic (exact) mass is 307 g/mol. The summed E-state index contributed by atoms with van der Waals surface area (Å²) in [4.78, 5) is 0. The lowest BCUT2D eigenvalue weighted by Gasteiger charge is -2.08. The standard InChI is InChI=1S/C14H14BrNO2/c15-13-3-1-2-11(14(13)18)9-16-8-10-4-6-12(17)7-5-10/h1-7,16-18H,8-9H2. The van der Waals surface area contributed by atoms with Crippen molar-refractivity contribution in [3.05, 3.63) is 58.1 Å². The molecular weight excluding hydrogens is 294 g/mol. The van der Waals surface area contributed by atoms with Gasteiger partial charge in [-0.3, -0.25) is 0 Å². The van der Waals surface area contributed by atoms with Crippen molar-refractivity contribution in [2.24, 2.45) is 0 Å². The van der Waals surface area contributed by atoms with E-state index in [4.69, 9.17) is 5.11 Å². The Kier molecular flexibility index (Phi) is 4.23. The molecule has 4 heteroatoms. The van der Waals surface area contributed by atoms with E-state index in [1.165, 1.54) is 0 Å². The van der Waals surface area contributed by atoms with E-state index in [2.05, 4.69) is 21.2 Å². The van der Waals surface area contributed by atoms with Crippen LogP contribution in [0.4, 0.5) is 0 Å². The zero-order valence-electron chi connectivity index (χ0n) is 9.73. The van der Waals surface area contributed by atoms with Crippen molar-refractivity contribution in [3.63, 3.8) is 0 Å². The van der Waals surface area contributed by atoms with Crippen LogP contribution in [0, 0.1) is 0 Å². The maximum absolute atomic E-state index is 9.81. The fourth-order valence-corrected chi connectivity index (χ4v) is 2.07. The van der Waals surface area contributed by atoms with Crippen LogP contribution < -0.4 is 5.32 Å². The van der Waals surface area contributed by atoms with Gasteiger partial charge in [-0.15, -0.1) is 0 Å². The third-order valence-corrected chi connectivity index (χ3v) is 3.29. The molecule has 2 rings (SSSR count). The van der Waals surface area contributed by atoms with Crippen LogP contribution in [0.25, 0.3) is 0 Å². The van der Waals surface area contributed by atoms with Crippen LogP contribution in [0.2, 0.25) is 0 Å². The minimum atomic E-state index is 0.267. The molecule has 0 spiro atoms. The highest BCUT2D eigenvalue weighted by Crippen LogP contribution is 2.27. The Morgan fingerprint density at radius 3 is 2.39 bits per heavy atom. The summed E-state index contributed by atoms with van der Waals surface area (Å²) in [5.41, 5.74) is 1.94. The highest BCUT2D eigenvalue weighted by Gasteiger charge is 2.03. The third-order valence-electron chi connectivity index (χ3n) is 2.65. The molecule has 0 fully saturated rings. The molecule has 0 bridgehead atoms. The van der Waals surface area contributed by atoms with Crippen LogP contribution in [-0.4, -0.2) is 10.2 Å². The lowest BCUT2D eigenvalue weighted by atomic mass is 10.2. The first-order valence-electron chi connectivity index (χ1n) is 5.62. The van der Waals surface area contributed by atoms with Gasteiger partial charge < -0.3 is 15.5 Å². The van der Waals surface area contributed by atoms with Crippen molar-refractivity contribution < 1.29 is 10.2 Å². The van der Waals surface area contributed by atoms with Gasteiger partial charge in [0.15, 0.2) is 0 Å². The number of para-hydroxylation sites is 1. The molecule has 0 saturated heterocycles. The Bertz CT molecular complexity index is 526. The average Bonchev–Trinajstić information content (AvgIpc) is 2.37. The van der Waals surface area contributed by atoms with Crippen molar-refractivity contribution >= 4 is 15.9 Å². The summed E-state index contributed by atoms with van der Waals surface area (Å²) in [5, 5.41) is 22.2. The van der Waals surface area contributed by atoms with E-state index in [0.29, 0.717) is 17.6 Å². The summed E-state index contributed by atoms with van der Waals surface area (Å²) < 4.78 is 0.700. The van der Waals surface area contributed by atoms with Crippen molar-refractivity contribution in [2.75, 3.05) is 0 Å². The molecule has 94 valence electrons. The molecule has 3 nitrogen and oxygen atoms in total. The van der Waals surface area contributed by atoms with Crippen LogP contribution in [0.3, 0.4) is 0 Å². The van der Waals surface area contributed by atoms with E-state index in [0.717, 1.165) is 11.1 Å². The van der Waals surface area contributed by atoms with Crippen LogP contribution in [0.1, 0.15) is 11.1 Å². The Morgan fingerprint density at radius 2 is 1.67 bits per heavy atom. The number of phenols is 2. The number of hydrogen-bond acceptors (Lipinski definition) is 3. The fraction of sp³-hybridized carbons (Fsp3) is 0.143. The maximum Gasteiger partial charge on any atom is 0.134 e. The molecule has 2 aromatic rings. The topological polar surface area (TPSA) is 52.5 Å². The predicted octanol–water partition coefficient (Wildman–Crippen LogP) is 3.15. The predicted molar refractivity (Wildman–Crippen MR) is 74.5 cm³/mol. The van der Waals surface area contributed by atoms with Gasteiger partial charge >= 0.3 is 0 Å². The van der Waals surface area contributed by atoms with Gasteiger partial charge in [0.2, 0.25) is 0 Å². The number of benzene rings is 2. The molecule has 0 aliphatic rings. The molecular formula is C14H14BrNO2. The summed E-state index contributed by atoms with van der Waals surface area (Å²) >= 11 is 3.29. The van der Waals surface area contributed by atoms with Crippen molar-refractivity contribution in [2.45, 2.75) is 13.1 Å². The highest BCUT2D eigenvalue weighted by molar-refractivity contribution is 9.10. The molecule has 2 aromatic carbocycles. The molecule has 0 amide bonds. The summed E-state index contributed by atoms with van der Waals surface area (Å²) in [6.07, 6.45) is 0. The zero-order valence-corrected chi connectivity index (χ0v) is 11.3. The molecule has 0 unspecified atom stereocenters. The minimum Gasteiger partial charge on any atom is -0.508 e. The Hall–Kier alpha value is -1.52. The smallest absolute Gasteiger partial charge is 0.134 e. The van der Waals surface area contributed by atoms with E-state index in [9.17, 15) is 5.11 Å². The molecule has 18 heavy (non-hydrogen) atoms. The summed E-state index contributed by atoms with van der Waals surface area (Å²) in [6.45, 7) is 1.28. The second kappa shape index (κ2) is 5.89. The average molecular weight is 308 g/mol. The van der Waals surface area contributed by atoms with Crippen molar-refractivity contribution in [3.8, 4) is 11.5 Å². The number of halogens is 1. The number of phenolic OH excluding ortho intramolecular Hbond substituents is 2. The Labute approximate surface area is 114 Å². The summed E-state index contributed by atoms with van der Waals surface area (Å²) in [6, 6.07) is 12.6. The maximum atomic E-state index is 9.81. The van der Waals surface area contributed by atoms with Gasteiger partial charge in [0.05, 0.1) is 4.47 Å². The summed E-state index contributed by atoms with van der Waals surface area (Å²) in [7, 11) is 0. The number of rotatable bonds is 4. The Balaban J connectivity index is 1.92. The van der Waals surface area contributed by atoms with E-state index in [1.54, 1.807) is 18.2 Å². The van der Waals surface area contributed by atoms with Gasteiger partial charge in [-0.1, -0.05) is 24.3 Å². The molecule has 0 aliphatic heterocycles. The second-order valence-corrected chi connectivity index (χ2v) is 4.87. The van der Waals surface area contributed by atoms with Gasteiger partial charge in [0, 0.05) is 18.7 Å². The normalized spacial score (nSPS) is 10.5. The molecule has 0 heterocycles. The van der Waals surface area contributed by atoms with Crippen molar-refractivity contribution in [1.29, 1.82) is 0 Å². The van der Waals surface area contributed by atoms with Gasteiger partial charge in [-0.2, -0.15) is 0 Å². The number of aromatic hydroxyl groups is 2. The van der Waals surface area contributed by atoms with Gasteiger partial charge in [0.25, 0.3) is 0 Å². The zero-order chi connectivity index (χ0) is 13.0. The van der Waals surface area contributed by atoms with Gasteiger partial charge in [-0.25, -0.2) is 0 Å². The first-order chi connectivity index (χ1) is 8.66. The first-order valence-corrected chi connectivity index (χ1v) is 6.41. The molecule has 0 atom stereocenters. The minimum absolute atomic E-state index is 0.267.